The standard InChI is InChI=1S/C23H26N2O5S/c1-4-29-19-10-8-18(9-11-19)16-25(3)23(26)22-14-21(12-7-17(22)2)31(27,28)24-15-20-6-5-13-30-20/h5-14,24H,4,15-16H2,1-3H3. The lowest BCUT2D eigenvalue weighted by Crippen LogP contribution is -2.28. The van der Waals surface area contributed by atoms with E-state index in [4.69, 9.17) is 9.15 Å². The highest BCUT2D eigenvalue weighted by Crippen LogP contribution is 2.19. The van der Waals surface area contributed by atoms with Crippen molar-refractivity contribution in [2.24, 2.45) is 0 Å². The summed E-state index contributed by atoms with van der Waals surface area (Å²) in [6.07, 6.45) is 1.48. The number of furan rings is 1. The lowest BCUT2D eigenvalue weighted by Gasteiger charge is -2.19. The molecule has 2 aromatic carbocycles. The first-order valence-corrected chi connectivity index (χ1v) is 11.4. The molecular formula is C23H26N2O5S. The fourth-order valence-corrected chi connectivity index (χ4v) is 4.09. The second-order valence-electron chi connectivity index (χ2n) is 7.12. The van der Waals surface area contributed by atoms with E-state index in [2.05, 4.69) is 4.72 Å². The van der Waals surface area contributed by atoms with Gasteiger partial charge >= 0.3 is 0 Å². The molecule has 0 aliphatic heterocycles. The molecule has 7 nitrogen and oxygen atoms in total. The molecule has 0 fully saturated rings. The summed E-state index contributed by atoms with van der Waals surface area (Å²) >= 11 is 0. The molecule has 1 aromatic heterocycles. The van der Waals surface area contributed by atoms with Gasteiger partial charge in [-0.2, -0.15) is 0 Å². The maximum Gasteiger partial charge on any atom is 0.254 e. The number of rotatable bonds is 9. The number of nitrogens with zero attached hydrogens (tertiary/aromatic N) is 1. The molecule has 0 spiro atoms. The quantitative estimate of drug-likeness (QED) is 0.545. The van der Waals surface area contributed by atoms with Crippen molar-refractivity contribution in [1.29, 1.82) is 0 Å². The maximum absolute atomic E-state index is 13.0. The highest BCUT2D eigenvalue weighted by atomic mass is 32.2. The molecule has 1 amide bonds. The molecule has 31 heavy (non-hydrogen) atoms. The number of hydrogen-bond donors (Lipinski definition) is 1. The van der Waals surface area contributed by atoms with E-state index in [-0.39, 0.29) is 17.3 Å². The second-order valence-corrected chi connectivity index (χ2v) is 8.89. The van der Waals surface area contributed by atoms with Gasteiger partial charge in [-0.1, -0.05) is 18.2 Å². The van der Waals surface area contributed by atoms with Crippen molar-refractivity contribution >= 4 is 15.9 Å². The van der Waals surface area contributed by atoms with Crippen LogP contribution in [0.15, 0.2) is 70.2 Å². The molecule has 3 aromatic rings. The monoisotopic (exact) mass is 442 g/mol. The Morgan fingerprint density at radius 2 is 1.87 bits per heavy atom. The molecule has 0 unspecified atom stereocenters. The van der Waals surface area contributed by atoms with Crippen molar-refractivity contribution in [3.63, 3.8) is 0 Å². The Bertz CT molecular complexity index is 1120. The van der Waals surface area contributed by atoms with Gasteiger partial charge in [0.15, 0.2) is 0 Å². The summed E-state index contributed by atoms with van der Waals surface area (Å²) in [7, 11) is -2.11. The third-order valence-corrected chi connectivity index (χ3v) is 6.17. The number of ether oxygens (including phenoxy) is 1. The van der Waals surface area contributed by atoms with Crippen LogP contribution in [0.5, 0.6) is 5.75 Å². The van der Waals surface area contributed by atoms with Crippen LogP contribution >= 0.6 is 0 Å². The topological polar surface area (TPSA) is 88.8 Å². The summed E-state index contributed by atoms with van der Waals surface area (Å²) in [5.41, 5.74) is 1.99. The van der Waals surface area contributed by atoms with Gasteiger partial charge in [-0.15, -0.1) is 0 Å². The molecule has 0 aliphatic carbocycles. The highest BCUT2D eigenvalue weighted by Gasteiger charge is 2.20. The Kier molecular flexibility index (Phi) is 7.14. The molecule has 3 rings (SSSR count). The largest absolute Gasteiger partial charge is 0.494 e. The van der Waals surface area contributed by atoms with Gasteiger partial charge in [0.25, 0.3) is 5.91 Å². The number of benzene rings is 2. The van der Waals surface area contributed by atoms with Crippen molar-refractivity contribution < 1.29 is 22.4 Å². The van der Waals surface area contributed by atoms with E-state index < -0.39 is 10.0 Å². The van der Waals surface area contributed by atoms with Crippen LogP contribution in [0.1, 0.15) is 34.2 Å². The summed E-state index contributed by atoms with van der Waals surface area (Å²) in [6.45, 7) is 4.71. The fourth-order valence-electron chi connectivity index (χ4n) is 3.07. The molecule has 1 N–H and O–H groups in total. The van der Waals surface area contributed by atoms with Crippen LogP contribution < -0.4 is 9.46 Å². The van der Waals surface area contributed by atoms with Crippen molar-refractivity contribution in [3.8, 4) is 5.75 Å². The predicted octanol–water partition coefficient (Wildman–Crippen LogP) is 3.74. The molecule has 0 saturated carbocycles. The third kappa shape index (κ3) is 5.74. The Morgan fingerprint density at radius 3 is 2.52 bits per heavy atom. The first-order chi connectivity index (χ1) is 14.8. The minimum Gasteiger partial charge on any atom is -0.494 e. The van der Waals surface area contributed by atoms with E-state index in [0.717, 1.165) is 11.3 Å². The molecule has 0 aliphatic rings. The molecule has 164 valence electrons. The van der Waals surface area contributed by atoms with E-state index in [1.54, 1.807) is 37.1 Å². The first kappa shape index (κ1) is 22.6. The van der Waals surface area contributed by atoms with Crippen molar-refractivity contribution in [2.75, 3.05) is 13.7 Å². The number of carbonyl (C=O) groups is 1. The van der Waals surface area contributed by atoms with Crippen LogP contribution in [0, 0.1) is 6.92 Å². The van der Waals surface area contributed by atoms with Gasteiger partial charge < -0.3 is 14.1 Å². The smallest absolute Gasteiger partial charge is 0.254 e. The SMILES string of the molecule is CCOc1ccc(CN(C)C(=O)c2cc(S(=O)(=O)NCc3ccco3)ccc2C)cc1. The average molecular weight is 443 g/mol. The molecule has 0 bridgehead atoms. The van der Waals surface area contributed by atoms with Gasteiger partial charge in [0, 0.05) is 19.2 Å². The van der Waals surface area contributed by atoms with Crippen molar-refractivity contribution in [2.45, 2.75) is 31.8 Å². The number of nitrogens with one attached hydrogen (secondary N) is 1. The summed E-state index contributed by atoms with van der Waals surface area (Å²) in [4.78, 5) is 14.6. The summed E-state index contributed by atoms with van der Waals surface area (Å²) in [6, 6.07) is 15.4. The lowest BCUT2D eigenvalue weighted by molar-refractivity contribution is 0.0784. The van der Waals surface area contributed by atoms with Gasteiger partial charge in [0.1, 0.15) is 11.5 Å². The van der Waals surface area contributed by atoms with E-state index in [9.17, 15) is 13.2 Å². The summed E-state index contributed by atoms with van der Waals surface area (Å²) in [5.74, 6) is 1.02. The molecule has 0 atom stereocenters. The zero-order chi connectivity index (χ0) is 22.4. The van der Waals surface area contributed by atoms with Crippen LogP contribution in [-0.4, -0.2) is 32.9 Å². The Hall–Kier alpha value is -3.10. The first-order valence-electron chi connectivity index (χ1n) is 9.90. The van der Waals surface area contributed by atoms with Crippen LogP contribution in [0.2, 0.25) is 0 Å². The number of amides is 1. The van der Waals surface area contributed by atoms with Gasteiger partial charge in [0.2, 0.25) is 10.0 Å². The van der Waals surface area contributed by atoms with Crippen LogP contribution in [-0.2, 0) is 23.1 Å². The lowest BCUT2D eigenvalue weighted by atomic mass is 10.1. The molecule has 1 heterocycles. The minimum absolute atomic E-state index is 0.0301. The Labute approximate surface area is 182 Å². The number of carbonyl (C=O) groups excluding carboxylic acids is 1. The molecular weight excluding hydrogens is 416 g/mol. The summed E-state index contributed by atoms with van der Waals surface area (Å²) < 4.78 is 38.4. The van der Waals surface area contributed by atoms with Gasteiger partial charge in [-0.05, 0) is 61.4 Å². The number of hydrogen-bond acceptors (Lipinski definition) is 5. The number of aryl methyl sites for hydroxylation is 1. The Balaban J connectivity index is 1.74. The molecule has 8 heteroatoms. The van der Waals surface area contributed by atoms with Gasteiger partial charge in [-0.3, -0.25) is 4.79 Å². The fraction of sp³-hybridized carbons (Fsp3) is 0.261. The highest BCUT2D eigenvalue weighted by molar-refractivity contribution is 7.89. The normalized spacial score (nSPS) is 11.3. The minimum atomic E-state index is -3.80. The van der Waals surface area contributed by atoms with Gasteiger partial charge in [0.05, 0.1) is 24.3 Å². The molecule has 0 saturated heterocycles. The van der Waals surface area contributed by atoms with E-state index in [1.165, 1.54) is 18.4 Å². The number of sulfonamides is 1. The van der Waals surface area contributed by atoms with Crippen molar-refractivity contribution in [3.05, 3.63) is 83.3 Å². The molecule has 0 radical (unpaired) electrons. The zero-order valence-corrected chi connectivity index (χ0v) is 18.6. The van der Waals surface area contributed by atoms with E-state index in [1.807, 2.05) is 31.2 Å². The van der Waals surface area contributed by atoms with Crippen LogP contribution in [0.3, 0.4) is 0 Å². The maximum atomic E-state index is 13.0. The zero-order valence-electron chi connectivity index (χ0n) is 17.8. The van der Waals surface area contributed by atoms with Crippen LogP contribution in [0.4, 0.5) is 0 Å². The second kappa shape index (κ2) is 9.80. The van der Waals surface area contributed by atoms with Gasteiger partial charge in [-0.25, -0.2) is 13.1 Å². The average Bonchev–Trinajstić information content (AvgIpc) is 3.27. The van der Waals surface area contributed by atoms with Crippen LogP contribution in [0.25, 0.3) is 0 Å². The van der Waals surface area contributed by atoms with Crippen molar-refractivity contribution in [1.82, 2.24) is 9.62 Å². The summed E-state index contributed by atoms with van der Waals surface area (Å²) in [5, 5.41) is 0. The van der Waals surface area contributed by atoms with E-state index >= 15 is 0 Å². The Morgan fingerprint density at radius 1 is 1.13 bits per heavy atom. The van der Waals surface area contributed by atoms with E-state index in [0.29, 0.717) is 30.0 Å². The third-order valence-electron chi connectivity index (χ3n) is 4.77. The predicted molar refractivity (Wildman–Crippen MR) is 117 cm³/mol.